The van der Waals surface area contributed by atoms with E-state index >= 15 is 0 Å². The van der Waals surface area contributed by atoms with Crippen LogP contribution in [0.1, 0.15) is 41.9 Å². The third-order valence-electron chi connectivity index (χ3n) is 8.96. The molecule has 0 aliphatic carbocycles. The molecule has 224 valence electrons. The lowest BCUT2D eigenvalue weighted by atomic mass is 9.87. The predicted octanol–water partition coefficient (Wildman–Crippen LogP) is 4.95. The molecule has 3 aliphatic heterocycles. The normalized spacial score (nSPS) is 22.2. The van der Waals surface area contributed by atoms with Gasteiger partial charge in [0, 0.05) is 64.1 Å². The number of anilines is 2. The summed E-state index contributed by atoms with van der Waals surface area (Å²) < 4.78 is 17.8. The Morgan fingerprint density at radius 1 is 0.976 bits per heavy atom. The van der Waals surface area contributed by atoms with Crippen LogP contribution < -0.4 is 25.2 Å². The van der Waals surface area contributed by atoms with Crippen LogP contribution in [0.3, 0.4) is 0 Å². The Kier molecular flexibility index (Phi) is 9.93. The Morgan fingerprint density at radius 2 is 1.83 bits per heavy atom. The van der Waals surface area contributed by atoms with Crippen LogP contribution in [0.4, 0.5) is 11.4 Å². The van der Waals surface area contributed by atoms with Crippen molar-refractivity contribution in [3.8, 4) is 5.75 Å². The number of hydrogen-bond acceptors (Lipinski definition) is 7. The minimum atomic E-state index is 0.148. The molecule has 0 saturated carbocycles. The number of hydrogen-bond donors (Lipinski definition) is 2. The summed E-state index contributed by atoms with van der Waals surface area (Å²) >= 11 is 0. The zero-order chi connectivity index (χ0) is 28.6. The fraction of sp³-hybridized carbons (Fsp3) is 0.486. The van der Waals surface area contributed by atoms with Gasteiger partial charge in [-0.3, -0.25) is 0 Å². The molecule has 0 radical (unpaired) electrons. The number of rotatable bonds is 12. The molecule has 2 unspecified atom stereocenters. The summed E-state index contributed by atoms with van der Waals surface area (Å²) in [6.45, 7) is 8.99. The fourth-order valence-corrected chi connectivity index (χ4v) is 6.57. The monoisotopic (exact) mass is 570 g/mol. The van der Waals surface area contributed by atoms with Crippen LogP contribution in [0, 0.1) is 0 Å². The maximum atomic E-state index is 6.59. The van der Waals surface area contributed by atoms with E-state index in [0.717, 1.165) is 77.6 Å². The van der Waals surface area contributed by atoms with Crippen molar-refractivity contribution in [1.82, 2.24) is 10.6 Å². The highest BCUT2D eigenvalue weighted by Crippen LogP contribution is 2.34. The van der Waals surface area contributed by atoms with Crippen molar-refractivity contribution in [3.05, 3.63) is 89.5 Å². The number of fused-ring (bicyclic) bond motifs is 1. The summed E-state index contributed by atoms with van der Waals surface area (Å²) in [5.74, 6) is 1.37. The Balaban J connectivity index is 1.02. The minimum Gasteiger partial charge on any atom is -0.490 e. The zero-order valence-corrected chi connectivity index (χ0v) is 25.0. The van der Waals surface area contributed by atoms with Gasteiger partial charge in [-0.1, -0.05) is 48.5 Å². The van der Waals surface area contributed by atoms with E-state index in [-0.39, 0.29) is 6.10 Å². The van der Waals surface area contributed by atoms with E-state index in [2.05, 4.69) is 93.2 Å². The number of ether oxygens (including phenoxy) is 3. The van der Waals surface area contributed by atoms with Crippen molar-refractivity contribution < 1.29 is 14.2 Å². The average Bonchev–Trinajstić information content (AvgIpc) is 3.53. The minimum absolute atomic E-state index is 0.148. The fourth-order valence-electron chi connectivity index (χ4n) is 6.57. The summed E-state index contributed by atoms with van der Waals surface area (Å²) in [5.41, 5.74) is 6.41. The first-order chi connectivity index (χ1) is 20.8. The summed E-state index contributed by atoms with van der Waals surface area (Å²) in [6, 6.07) is 27.0. The number of benzene rings is 3. The van der Waals surface area contributed by atoms with Crippen molar-refractivity contribution in [1.29, 1.82) is 0 Å². The van der Waals surface area contributed by atoms with Gasteiger partial charge in [0.15, 0.2) is 0 Å². The Morgan fingerprint density at radius 3 is 2.69 bits per heavy atom. The Labute approximate surface area is 251 Å². The van der Waals surface area contributed by atoms with E-state index in [4.69, 9.17) is 14.2 Å². The van der Waals surface area contributed by atoms with Crippen LogP contribution in [-0.2, 0) is 22.6 Å². The lowest BCUT2D eigenvalue weighted by Gasteiger charge is -2.33. The van der Waals surface area contributed by atoms with Crippen LogP contribution >= 0.6 is 0 Å². The third kappa shape index (κ3) is 7.27. The highest BCUT2D eigenvalue weighted by Gasteiger charge is 2.28. The molecule has 3 atom stereocenters. The Hall–Kier alpha value is -3.10. The smallest absolute Gasteiger partial charge is 0.142 e. The molecule has 2 saturated heterocycles. The van der Waals surface area contributed by atoms with Crippen LogP contribution in [0.15, 0.2) is 72.8 Å². The molecule has 3 aromatic rings. The second-order valence-electron chi connectivity index (χ2n) is 11.8. The molecule has 3 aromatic carbocycles. The summed E-state index contributed by atoms with van der Waals surface area (Å²) in [6.07, 6.45) is 3.43. The van der Waals surface area contributed by atoms with Crippen LogP contribution in [0.2, 0.25) is 0 Å². The van der Waals surface area contributed by atoms with Gasteiger partial charge in [-0.25, -0.2) is 0 Å². The van der Waals surface area contributed by atoms with Gasteiger partial charge in [0.2, 0.25) is 0 Å². The van der Waals surface area contributed by atoms with Crippen molar-refractivity contribution in [3.63, 3.8) is 0 Å². The van der Waals surface area contributed by atoms with E-state index in [9.17, 15) is 0 Å². The van der Waals surface area contributed by atoms with Crippen molar-refractivity contribution in [2.24, 2.45) is 0 Å². The maximum Gasteiger partial charge on any atom is 0.142 e. The lowest BCUT2D eigenvalue weighted by Crippen LogP contribution is -2.41. The van der Waals surface area contributed by atoms with Gasteiger partial charge in [0.05, 0.1) is 24.9 Å². The first-order valence-corrected chi connectivity index (χ1v) is 15.7. The molecule has 2 N–H and O–H groups in total. The third-order valence-corrected chi connectivity index (χ3v) is 8.96. The summed E-state index contributed by atoms with van der Waals surface area (Å²) in [4.78, 5) is 4.89. The first-order valence-electron chi connectivity index (χ1n) is 15.7. The molecular weight excluding hydrogens is 524 g/mol. The second kappa shape index (κ2) is 14.4. The molecule has 6 rings (SSSR count). The van der Waals surface area contributed by atoms with Crippen molar-refractivity contribution in [2.75, 3.05) is 69.4 Å². The van der Waals surface area contributed by atoms with E-state index < -0.39 is 0 Å². The molecule has 2 fully saturated rings. The summed E-state index contributed by atoms with van der Waals surface area (Å²) in [5, 5.41) is 7.34. The molecule has 0 aromatic heterocycles. The van der Waals surface area contributed by atoms with Crippen LogP contribution in [0.25, 0.3) is 0 Å². The molecule has 3 aliphatic rings. The highest BCUT2D eigenvalue weighted by atomic mass is 16.5. The van der Waals surface area contributed by atoms with Crippen molar-refractivity contribution >= 4 is 11.4 Å². The quantitative estimate of drug-likeness (QED) is 0.299. The average molecular weight is 571 g/mol. The number of nitrogens with one attached hydrogen (secondary N) is 2. The number of nitrogens with zero attached hydrogens (tertiary/aromatic N) is 2. The van der Waals surface area contributed by atoms with Crippen LogP contribution in [0.5, 0.6) is 5.75 Å². The molecule has 7 nitrogen and oxygen atoms in total. The lowest BCUT2D eigenvalue weighted by molar-refractivity contribution is 0.0106. The van der Waals surface area contributed by atoms with E-state index in [1.165, 1.54) is 34.5 Å². The number of para-hydroxylation sites is 1. The van der Waals surface area contributed by atoms with Gasteiger partial charge in [-0.15, -0.1) is 0 Å². The van der Waals surface area contributed by atoms with Crippen LogP contribution in [-0.4, -0.2) is 71.7 Å². The van der Waals surface area contributed by atoms with Gasteiger partial charge < -0.3 is 34.6 Å². The Bertz CT molecular complexity index is 1250. The molecule has 0 amide bonds. The van der Waals surface area contributed by atoms with Gasteiger partial charge >= 0.3 is 0 Å². The van der Waals surface area contributed by atoms with E-state index in [0.29, 0.717) is 18.6 Å². The van der Waals surface area contributed by atoms with E-state index in [1.807, 2.05) is 0 Å². The molecule has 3 heterocycles. The maximum absolute atomic E-state index is 6.59. The SMILES string of the molecule is COCCCN1CCOc2ccc(COC3CNCCC3c3ccc(CN[C@@H]4CCN(c5ccccc5)C4)cc3)cc21. The van der Waals surface area contributed by atoms with Gasteiger partial charge in [-0.2, -0.15) is 0 Å². The summed E-state index contributed by atoms with van der Waals surface area (Å²) in [7, 11) is 1.76. The molecule has 0 spiro atoms. The molecule has 42 heavy (non-hydrogen) atoms. The standard InChI is InChI=1S/C35H46N4O3/c1-40-20-5-17-38-19-21-41-34-13-10-28(22-33(34)38)26-42-35-24-36-16-14-32(35)29-11-8-27(9-12-29)23-37-30-15-18-39(25-30)31-6-3-2-4-7-31/h2-4,6-13,22,30,32,35-37H,5,14-21,23-26H2,1H3/t30-,32?,35?/m1/s1. The van der Waals surface area contributed by atoms with Gasteiger partial charge in [-0.05, 0) is 66.8 Å². The number of methoxy groups -OCH3 is 1. The largest absolute Gasteiger partial charge is 0.490 e. The molecule has 0 bridgehead atoms. The van der Waals surface area contributed by atoms with Crippen molar-refractivity contribution in [2.45, 2.75) is 50.5 Å². The highest BCUT2D eigenvalue weighted by molar-refractivity contribution is 5.61. The number of piperidine rings is 1. The second-order valence-corrected chi connectivity index (χ2v) is 11.8. The molecule has 7 heteroatoms. The predicted molar refractivity (Wildman–Crippen MR) is 170 cm³/mol. The topological polar surface area (TPSA) is 58.2 Å². The van der Waals surface area contributed by atoms with Gasteiger partial charge in [0.1, 0.15) is 12.4 Å². The van der Waals surface area contributed by atoms with Gasteiger partial charge in [0.25, 0.3) is 0 Å². The van der Waals surface area contributed by atoms with E-state index in [1.54, 1.807) is 7.11 Å². The first kappa shape index (κ1) is 29.0. The zero-order valence-electron chi connectivity index (χ0n) is 25.0. The molecular formula is C35H46N4O3.